The van der Waals surface area contributed by atoms with E-state index in [1.165, 1.54) is 0 Å². The smallest absolute Gasteiger partial charge is 0.144 e. The minimum atomic E-state index is 0.308. The highest BCUT2D eigenvalue weighted by molar-refractivity contribution is 6.32. The standard InChI is InChI=1S/C25H25ClN6O2/c1-4-21-18(13-27)25(17-11-20(28)24(33-5-2)12-22(17)30-21)29-15-6-7-23(19(26)10-15)34-14-16-8-9-32(3)31-16/h6-12H,4-5,14,28H2,1-3H3,(H,29,30). The minimum Gasteiger partial charge on any atom is -0.492 e. The number of benzene rings is 2. The van der Waals surface area contributed by atoms with Gasteiger partial charge in [0, 0.05) is 30.4 Å². The van der Waals surface area contributed by atoms with Gasteiger partial charge in [-0.1, -0.05) is 18.5 Å². The van der Waals surface area contributed by atoms with Gasteiger partial charge < -0.3 is 20.5 Å². The maximum absolute atomic E-state index is 9.91. The Bertz CT molecular complexity index is 1390. The first kappa shape index (κ1) is 23.2. The number of hydrogen-bond donors (Lipinski definition) is 2. The van der Waals surface area contributed by atoms with Gasteiger partial charge in [0.05, 0.1) is 45.5 Å². The van der Waals surface area contributed by atoms with Crippen LogP contribution < -0.4 is 20.5 Å². The SMILES string of the molecule is CCOc1cc2nc(CC)c(C#N)c(Nc3ccc(OCc4ccn(C)n4)c(Cl)c3)c2cc1N. The molecule has 3 N–H and O–H groups in total. The summed E-state index contributed by atoms with van der Waals surface area (Å²) in [6, 6.07) is 13.1. The zero-order chi connectivity index (χ0) is 24.2. The third-order valence-electron chi connectivity index (χ3n) is 5.28. The van der Waals surface area contributed by atoms with Gasteiger partial charge in [0.25, 0.3) is 0 Å². The van der Waals surface area contributed by atoms with Crippen LogP contribution in [-0.2, 0) is 20.1 Å². The maximum atomic E-state index is 9.91. The average Bonchev–Trinajstić information content (AvgIpc) is 3.24. The second-order valence-corrected chi connectivity index (χ2v) is 8.06. The highest BCUT2D eigenvalue weighted by Gasteiger charge is 2.17. The Balaban J connectivity index is 1.69. The number of nitrogens with two attached hydrogens (primary N) is 1. The third kappa shape index (κ3) is 4.70. The lowest BCUT2D eigenvalue weighted by molar-refractivity contribution is 0.300. The first-order valence-electron chi connectivity index (χ1n) is 10.9. The third-order valence-corrected chi connectivity index (χ3v) is 5.58. The minimum absolute atomic E-state index is 0.308. The van der Waals surface area contributed by atoms with Crippen molar-refractivity contribution >= 4 is 39.6 Å². The summed E-state index contributed by atoms with van der Waals surface area (Å²) in [6.07, 6.45) is 2.46. The van der Waals surface area contributed by atoms with Crippen LogP contribution in [0.4, 0.5) is 17.1 Å². The lowest BCUT2D eigenvalue weighted by atomic mass is 10.0. The van der Waals surface area contributed by atoms with E-state index in [0.29, 0.717) is 70.0 Å². The number of nitrogen functional groups attached to an aromatic ring is 1. The fraction of sp³-hybridized carbons (Fsp3) is 0.240. The molecule has 174 valence electrons. The lowest BCUT2D eigenvalue weighted by Gasteiger charge is -2.17. The second kappa shape index (κ2) is 9.89. The van der Waals surface area contributed by atoms with Gasteiger partial charge in [-0.2, -0.15) is 10.4 Å². The van der Waals surface area contributed by atoms with Crippen molar-refractivity contribution in [3.63, 3.8) is 0 Å². The van der Waals surface area contributed by atoms with Gasteiger partial charge in [-0.15, -0.1) is 0 Å². The van der Waals surface area contributed by atoms with E-state index in [1.807, 2.05) is 39.2 Å². The molecule has 0 unspecified atom stereocenters. The molecule has 0 spiro atoms. The van der Waals surface area contributed by atoms with E-state index in [2.05, 4.69) is 21.5 Å². The molecule has 2 heterocycles. The van der Waals surface area contributed by atoms with E-state index >= 15 is 0 Å². The Hall–Kier alpha value is -3.96. The Morgan fingerprint density at radius 3 is 2.62 bits per heavy atom. The van der Waals surface area contributed by atoms with Crippen LogP contribution in [0.2, 0.25) is 5.02 Å². The van der Waals surface area contributed by atoms with Crippen molar-refractivity contribution in [2.24, 2.45) is 7.05 Å². The molecule has 0 radical (unpaired) electrons. The van der Waals surface area contributed by atoms with Crippen molar-refractivity contribution in [2.75, 3.05) is 17.7 Å². The maximum Gasteiger partial charge on any atom is 0.144 e. The van der Waals surface area contributed by atoms with Crippen LogP contribution in [-0.4, -0.2) is 21.4 Å². The lowest BCUT2D eigenvalue weighted by Crippen LogP contribution is -2.04. The molecule has 0 aliphatic rings. The van der Waals surface area contributed by atoms with Gasteiger partial charge >= 0.3 is 0 Å². The number of ether oxygens (including phenoxy) is 2. The molecule has 2 aromatic carbocycles. The van der Waals surface area contributed by atoms with E-state index in [4.69, 9.17) is 26.8 Å². The Labute approximate surface area is 202 Å². The van der Waals surface area contributed by atoms with Crippen molar-refractivity contribution in [1.29, 1.82) is 5.26 Å². The van der Waals surface area contributed by atoms with E-state index in [-0.39, 0.29) is 0 Å². The summed E-state index contributed by atoms with van der Waals surface area (Å²) < 4.78 is 13.2. The zero-order valence-corrected chi connectivity index (χ0v) is 20.0. The molecule has 0 fully saturated rings. The van der Waals surface area contributed by atoms with Crippen molar-refractivity contribution in [2.45, 2.75) is 26.9 Å². The fourth-order valence-corrected chi connectivity index (χ4v) is 3.91. The van der Waals surface area contributed by atoms with Crippen LogP contribution in [0.3, 0.4) is 0 Å². The average molecular weight is 477 g/mol. The number of nitrogens with zero attached hydrogens (tertiary/aromatic N) is 4. The first-order valence-corrected chi connectivity index (χ1v) is 11.3. The highest BCUT2D eigenvalue weighted by atomic mass is 35.5. The molecule has 0 saturated carbocycles. The summed E-state index contributed by atoms with van der Waals surface area (Å²) >= 11 is 6.49. The molecule has 4 rings (SSSR count). The molecule has 8 nitrogen and oxygen atoms in total. The molecule has 0 amide bonds. The number of hydrogen-bond acceptors (Lipinski definition) is 7. The Kier molecular flexibility index (Phi) is 6.75. The summed E-state index contributed by atoms with van der Waals surface area (Å²) in [5.74, 6) is 1.11. The molecule has 0 aliphatic carbocycles. The van der Waals surface area contributed by atoms with E-state index in [1.54, 1.807) is 28.9 Å². The normalized spacial score (nSPS) is 10.8. The van der Waals surface area contributed by atoms with Gasteiger partial charge in [-0.05, 0) is 43.7 Å². The van der Waals surface area contributed by atoms with Crippen LogP contribution in [0.15, 0.2) is 42.6 Å². The Morgan fingerprint density at radius 2 is 1.97 bits per heavy atom. The molecule has 0 aliphatic heterocycles. The number of halogens is 1. The largest absolute Gasteiger partial charge is 0.492 e. The molecule has 0 saturated heterocycles. The predicted octanol–water partition coefficient (Wildman–Crippen LogP) is 5.36. The van der Waals surface area contributed by atoms with Gasteiger partial charge in [0.1, 0.15) is 24.2 Å². The summed E-state index contributed by atoms with van der Waals surface area (Å²) in [5, 5.41) is 18.7. The summed E-state index contributed by atoms with van der Waals surface area (Å²) in [6.45, 7) is 4.66. The quantitative estimate of drug-likeness (QED) is 0.329. The van der Waals surface area contributed by atoms with Gasteiger partial charge in [-0.25, -0.2) is 0 Å². The number of pyridine rings is 1. The number of aryl methyl sites for hydroxylation is 2. The van der Waals surface area contributed by atoms with Gasteiger partial charge in [0.2, 0.25) is 0 Å². The number of fused-ring (bicyclic) bond motifs is 1. The number of rotatable bonds is 8. The van der Waals surface area contributed by atoms with Gasteiger partial charge in [0.15, 0.2) is 0 Å². The number of nitriles is 1. The molecular formula is C25H25ClN6O2. The van der Waals surface area contributed by atoms with Crippen molar-refractivity contribution in [1.82, 2.24) is 14.8 Å². The van der Waals surface area contributed by atoms with Crippen LogP contribution in [0, 0.1) is 11.3 Å². The number of anilines is 3. The summed E-state index contributed by atoms with van der Waals surface area (Å²) in [4.78, 5) is 4.69. The fourth-order valence-electron chi connectivity index (χ4n) is 3.68. The first-order chi connectivity index (χ1) is 16.4. The topological polar surface area (TPSA) is 111 Å². The van der Waals surface area contributed by atoms with E-state index in [0.717, 1.165) is 11.1 Å². The molecule has 0 atom stereocenters. The monoisotopic (exact) mass is 476 g/mol. The molecule has 4 aromatic rings. The summed E-state index contributed by atoms with van der Waals surface area (Å²) in [5.41, 5.74) is 10.7. The molecule has 2 aromatic heterocycles. The van der Waals surface area contributed by atoms with Crippen LogP contribution >= 0.6 is 11.6 Å². The zero-order valence-electron chi connectivity index (χ0n) is 19.2. The second-order valence-electron chi connectivity index (χ2n) is 7.65. The van der Waals surface area contributed by atoms with Crippen molar-refractivity contribution < 1.29 is 9.47 Å². The van der Waals surface area contributed by atoms with Gasteiger partial charge in [-0.3, -0.25) is 9.67 Å². The van der Waals surface area contributed by atoms with Crippen LogP contribution in [0.1, 0.15) is 30.8 Å². The van der Waals surface area contributed by atoms with E-state index in [9.17, 15) is 5.26 Å². The molecule has 9 heteroatoms. The predicted molar refractivity (Wildman–Crippen MR) is 134 cm³/mol. The highest BCUT2D eigenvalue weighted by Crippen LogP contribution is 2.37. The van der Waals surface area contributed by atoms with Crippen LogP contribution in [0.5, 0.6) is 11.5 Å². The molecule has 0 bridgehead atoms. The molecular weight excluding hydrogens is 452 g/mol. The van der Waals surface area contributed by atoms with Crippen LogP contribution in [0.25, 0.3) is 10.9 Å². The number of nitrogens with one attached hydrogen (secondary N) is 1. The Morgan fingerprint density at radius 1 is 1.15 bits per heavy atom. The van der Waals surface area contributed by atoms with E-state index < -0.39 is 0 Å². The van der Waals surface area contributed by atoms with Crippen molar-refractivity contribution in [3.8, 4) is 17.6 Å². The summed E-state index contributed by atoms with van der Waals surface area (Å²) in [7, 11) is 1.85. The van der Waals surface area contributed by atoms with Crippen molar-refractivity contribution in [3.05, 3.63) is 64.6 Å². The molecule has 34 heavy (non-hydrogen) atoms. The number of aromatic nitrogens is 3.